The molecular weight excluding hydrogens is 272 g/mol. The van der Waals surface area contributed by atoms with Crippen LogP contribution in [0.1, 0.15) is 25.3 Å². The number of allylic oxidation sites excluding steroid dienone is 3. The van der Waals surface area contributed by atoms with E-state index in [1.165, 1.54) is 6.07 Å². The van der Waals surface area contributed by atoms with Crippen molar-refractivity contribution in [1.82, 2.24) is 4.90 Å². The Kier molecular flexibility index (Phi) is 3.80. The van der Waals surface area contributed by atoms with Crippen molar-refractivity contribution in [2.75, 3.05) is 7.05 Å². The molecule has 1 heterocycles. The van der Waals surface area contributed by atoms with Crippen molar-refractivity contribution < 1.29 is 14.8 Å². The Morgan fingerprint density at radius 3 is 2.52 bits per heavy atom. The second kappa shape index (κ2) is 5.40. The molecule has 0 bridgehead atoms. The Labute approximate surface area is 122 Å². The van der Waals surface area contributed by atoms with Gasteiger partial charge < -0.3 is 10.0 Å². The molecule has 1 aromatic carbocycles. The highest BCUT2D eigenvalue weighted by Crippen LogP contribution is 2.39. The lowest BCUT2D eigenvalue weighted by molar-refractivity contribution is -0.385. The van der Waals surface area contributed by atoms with Crippen molar-refractivity contribution in [3.63, 3.8) is 0 Å². The first-order valence-electron chi connectivity index (χ1n) is 6.44. The number of nitrogens with zero attached hydrogens (tertiary/aromatic N) is 2. The maximum Gasteiger partial charge on any atom is 0.334 e. The van der Waals surface area contributed by atoms with E-state index in [2.05, 4.69) is 0 Å². The lowest BCUT2D eigenvalue weighted by atomic mass is 9.85. The summed E-state index contributed by atoms with van der Waals surface area (Å²) in [4.78, 5) is 24.1. The summed E-state index contributed by atoms with van der Waals surface area (Å²) in [6, 6.07) is 6.25. The minimum absolute atomic E-state index is 0.0670. The molecule has 1 unspecified atom stereocenters. The number of nitro benzene ring substituents is 1. The lowest BCUT2D eigenvalue weighted by Gasteiger charge is -2.31. The van der Waals surface area contributed by atoms with Gasteiger partial charge in [-0.25, -0.2) is 4.79 Å². The summed E-state index contributed by atoms with van der Waals surface area (Å²) >= 11 is 0. The van der Waals surface area contributed by atoms with Crippen molar-refractivity contribution in [2.45, 2.75) is 19.8 Å². The number of rotatable bonds is 3. The molecule has 1 atom stereocenters. The van der Waals surface area contributed by atoms with Crippen LogP contribution >= 0.6 is 0 Å². The highest BCUT2D eigenvalue weighted by molar-refractivity contribution is 5.90. The second-order valence-electron chi connectivity index (χ2n) is 4.96. The first-order chi connectivity index (χ1) is 9.84. The van der Waals surface area contributed by atoms with Crippen molar-refractivity contribution >= 4 is 11.7 Å². The second-order valence-corrected chi connectivity index (χ2v) is 4.96. The topological polar surface area (TPSA) is 83.7 Å². The van der Waals surface area contributed by atoms with Gasteiger partial charge >= 0.3 is 5.97 Å². The van der Waals surface area contributed by atoms with Gasteiger partial charge in [0.1, 0.15) is 0 Å². The first kappa shape index (κ1) is 14.8. The minimum Gasteiger partial charge on any atom is -0.478 e. The molecule has 0 fully saturated rings. The summed E-state index contributed by atoms with van der Waals surface area (Å²) in [7, 11) is 1.78. The number of carbonyl (C=O) groups is 1. The average molecular weight is 288 g/mol. The van der Waals surface area contributed by atoms with Crippen LogP contribution in [-0.2, 0) is 4.79 Å². The van der Waals surface area contributed by atoms with E-state index in [4.69, 9.17) is 0 Å². The van der Waals surface area contributed by atoms with Gasteiger partial charge in [0.15, 0.2) is 0 Å². The molecule has 0 aliphatic carbocycles. The van der Waals surface area contributed by atoms with Crippen LogP contribution in [0.2, 0.25) is 0 Å². The molecule has 1 aliphatic rings. The van der Waals surface area contributed by atoms with Crippen LogP contribution in [0.5, 0.6) is 0 Å². The number of hydrogen-bond donors (Lipinski definition) is 1. The van der Waals surface area contributed by atoms with Gasteiger partial charge in [0.25, 0.3) is 5.69 Å². The number of carboxylic acids is 1. The molecule has 1 N–H and O–H groups in total. The molecule has 21 heavy (non-hydrogen) atoms. The summed E-state index contributed by atoms with van der Waals surface area (Å²) in [6.07, 6.45) is 1.75. The quantitative estimate of drug-likeness (QED) is 0.683. The Balaban J connectivity index is 2.67. The van der Waals surface area contributed by atoms with Crippen LogP contribution < -0.4 is 0 Å². The molecule has 1 aliphatic heterocycles. The third-order valence-electron chi connectivity index (χ3n) is 3.84. The number of benzene rings is 1. The molecule has 6 nitrogen and oxygen atoms in total. The van der Waals surface area contributed by atoms with Crippen molar-refractivity contribution in [3.05, 3.63) is 63.0 Å². The van der Waals surface area contributed by atoms with E-state index >= 15 is 0 Å². The fourth-order valence-electron chi connectivity index (χ4n) is 2.56. The van der Waals surface area contributed by atoms with Crippen molar-refractivity contribution in [3.8, 4) is 0 Å². The van der Waals surface area contributed by atoms with Gasteiger partial charge in [-0.1, -0.05) is 24.3 Å². The van der Waals surface area contributed by atoms with Crippen LogP contribution in [0.15, 0.2) is 47.3 Å². The molecule has 110 valence electrons. The van der Waals surface area contributed by atoms with Crippen LogP contribution in [0.3, 0.4) is 0 Å². The maximum atomic E-state index is 11.6. The van der Waals surface area contributed by atoms with E-state index in [-0.39, 0.29) is 11.3 Å². The Morgan fingerprint density at radius 2 is 1.95 bits per heavy atom. The van der Waals surface area contributed by atoms with Gasteiger partial charge in [0.05, 0.1) is 10.5 Å². The summed E-state index contributed by atoms with van der Waals surface area (Å²) in [5.74, 6) is -1.69. The predicted molar refractivity (Wildman–Crippen MR) is 77.7 cm³/mol. The molecule has 0 aromatic heterocycles. The van der Waals surface area contributed by atoms with Gasteiger partial charge in [-0.05, 0) is 13.8 Å². The highest BCUT2D eigenvalue weighted by Gasteiger charge is 2.32. The SMILES string of the molecule is CC1=CC(c2ccccc2[N+](=O)[O-])C(C(=O)O)=C(C)N1C. The molecule has 0 spiro atoms. The van der Waals surface area contributed by atoms with Gasteiger partial charge in [-0.2, -0.15) is 0 Å². The number of hydrogen-bond acceptors (Lipinski definition) is 4. The standard InChI is InChI=1S/C15H16N2O4/c1-9-8-12(14(15(18)19)10(2)16(9)3)11-6-4-5-7-13(11)17(20)21/h4-8,12H,1-3H3,(H,18,19). The van der Waals surface area contributed by atoms with Gasteiger partial charge in [-0.15, -0.1) is 0 Å². The molecule has 2 rings (SSSR count). The summed E-state index contributed by atoms with van der Waals surface area (Å²) in [5.41, 5.74) is 1.94. The number of para-hydroxylation sites is 1. The largest absolute Gasteiger partial charge is 0.478 e. The average Bonchev–Trinajstić information content (AvgIpc) is 2.43. The third-order valence-corrected chi connectivity index (χ3v) is 3.84. The molecule has 0 radical (unpaired) electrons. The number of aliphatic carboxylic acids is 1. The van der Waals surface area contributed by atoms with E-state index in [0.29, 0.717) is 11.3 Å². The van der Waals surface area contributed by atoms with Crippen LogP contribution in [0.25, 0.3) is 0 Å². The molecule has 0 saturated heterocycles. The molecule has 1 aromatic rings. The van der Waals surface area contributed by atoms with E-state index in [1.54, 1.807) is 43.1 Å². The summed E-state index contributed by atoms with van der Waals surface area (Å²) in [5, 5.41) is 20.7. The van der Waals surface area contributed by atoms with Crippen molar-refractivity contribution in [1.29, 1.82) is 0 Å². The fourth-order valence-corrected chi connectivity index (χ4v) is 2.56. The Bertz CT molecular complexity index is 676. The molecular formula is C15H16N2O4. The molecule has 0 saturated carbocycles. The van der Waals surface area contributed by atoms with E-state index in [9.17, 15) is 20.0 Å². The third kappa shape index (κ3) is 2.52. The fraction of sp³-hybridized carbons (Fsp3) is 0.267. The zero-order chi connectivity index (χ0) is 15.7. The Hall–Kier alpha value is -2.63. The highest BCUT2D eigenvalue weighted by atomic mass is 16.6. The summed E-state index contributed by atoms with van der Waals surface area (Å²) in [6.45, 7) is 3.56. The number of nitro groups is 1. The molecule has 6 heteroatoms. The predicted octanol–water partition coefficient (Wildman–Crippen LogP) is 2.89. The smallest absolute Gasteiger partial charge is 0.334 e. The van der Waals surface area contributed by atoms with Crippen molar-refractivity contribution in [2.24, 2.45) is 0 Å². The summed E-state index contributed by atoms with van der Waals surface area (Å²) < 4.78 is 0. The van der Waals surface area contributed by atoms with Gasteiger partial charge in [0, 0.05) is 36.0 Å². The first-order valence-corrected chi connectivity index (χ1v) is 6.44. The van der Waals surface area contributed by atoms with Crippen LogP contribution in [0.4, 0.5) is 5.69 Å². The minimum atomic E-state index is -1.06. The van der Waals surface area contributed by atoms with Crippen LogP contribution in [-0.4, -0.2) is 27.9 Å². The van der Waals surface area contributed by atoms with E-state index in [1.807, 2.05) is 6.92 Å². The van der Waals surface area contributed by atoms with Crippen LogP contribution in [0, 0.1) is 10.1 Å². The van der Waals surface area contributed by atoms with E-state index < -0.39 is 16.8 Å². The lowest BCUT2D eigenvalue weighted by Crippen LogP contribution is -2.26. The maximum absolute atomic E-state index is 11.6. The normalized spacial score (nSPS) is 18.5. The molecule has 0 amide bonds. The Morgan fingerprint density at radius 1 is 1.33 bits per heavy atom. The van der Waals surface area contributed by atoms with E-state index in [0.717, 1.165) is 5.70 Å². The zero-order valence-corrected chi connectivity index (χ0v) is 12.0. The zero-order valence-electron chi connectivity index (χ0n) is 12.0. The number of carboxylic acid groups (broad SMARTS) is 1. The monoisotopic (exact) mass is 288 g/mol. The van der Waals surface area contributed by atoms with Gasteiger partial charge in [-0.3, -0.25) is 10.1 Å². The van der Waals surface area contributed by atoms with Gasteiger partial charge in [0.2, 0.25) is 0 Å².